The van der Waals surface area contributed by atoms with E-state index in [-0.39, 0.29) is 42.5 Å². The van der Waals surface area contributed by atoms with E-state index in [0.717, 1.165) is 6.42 Å². The molecule has 0 aliphatic carbocycles. The summed E-state index contributed by atoms with van der Waals surface area (Å²) in [5, 5.41) is 2.88. The smallest absolute Gasteiger partial charge is 0.319 e. The molecular formula is C33H50F5NO6. The molecule has 0 radical (unpaired) electrons. The van der Waals surface area contributed by atoms with Crippen LogP contribution < -0.4 is 10.1 Å². The molecule has 1 rings (SSSR count). The standard InChI is InChI=1S/C33H50F5NO6/c1-11-30(3,4)21(40)12-15-32(7,8)43-17-14-20(2)18-39-22(41)13-16-33(9,10)44-19-31(5,6)29(42)45-28-26(37)24(35)23(34)25(36)27(28)38/h20H,11-19H2,1-10H3,(H,39,41). The van der Waals surface area contributed by atoms with Crippen LogP contribution in [0.3, 0.4) is 0 Å². The van der Waals surface area contributed by atoms with Crippen LogP contribution in [0, 0.1) is 45.8 Å². The first kappa shape index (κ1) is 40.4. The van der Waals surface area contributed by atoms with E-state index in [1.807, 2.05) is 41.5 Å². The van der Waals surface area contributed by atoms with Crippen molar-refractivity contribution < 1.29 is 50.5 Å². The van der Waals surface area contributed by atoms with Gasteiger partial charge >= 0.3 is 5.97 Å². The van der Waals surface area contributed by atoms with Crippen molar-refractivity contribution in [1.82, 2.24) is 5.32 Å². The van der Waals surface area contributed by atoms with Crippen molar-refractivity contribution in [2.24, 2.45) is 16.7 Å². The lowest BCUT2D eigenvalue weighted by Gasteiger charge is -2.30. The number of esters is 1. The molecule has 258 valence electrons. The van der Waals surface area contributed by atoms with E-state index in [4.69, 9.17) is 9.47 Å². The minimum Gasteiger partial charge on any atom is -0.420 e. The van der Waals surface area contributed by atoms with Crippen LogP contribution in [0.15, 0.2) is 0 Å². The lowest BCUT2D eigenvalue weighted by Crippen LogP contribution is -2.39. The molecule has 1 atom stereocenters. The topological polar surface area (TPSA) is 90.9 Å². The highest BCUT2D eigenvalue weighted by molar-refractivity contribution is 5.84. The van der Waals surface area contributed by atoms with E-state index in [0.29, 0.717) is 32.4 Å². The van der Waals surface area contributed by atoms with Gasteiger partial charge in [-0.1, -0.05) is 27.7 Å². The Kier molecular flexibility index (Phi) is 14.6. The zero-order valence-corrected chi connectivity index (χ0v) is 28.3. The number of hydrogen-bond donors (Lipinski definition) is 1. The number of benzene rings is 1. The van der Waals surface area contributed by atoms with Gasteiger partial charge in [-0.3, -0.25) is 14.4 Å². The van der Waals surface area contributed by atoms with Crippen molar-refractivity contribution in [3.8, 4) is 5.75 Å². The molecule has 0 fully saturated rings. The fraction of sp³-hybridized carbons (Fsp3) is 0.727. The molecule has 0 bridgehead atoms. The number of amides is 1. The number of halogens is 5. The molecule has 1 N–H and O–H groups in total. The van der Waals surface area contributed by atoms with Gasteiger partial charge in [-0.25, -0.2) is 13.2 Å². The van der Waals surface area contributed by atoms with E-state index in [9.17, 15) is 36.3 Å². The van der Waals surface area contributed by atoms with Gasteiger partial charge in [0, 0.05) is 31.4 Å². The Morgan fingerprint density at radius 3 is 1.76 bits per heavy atom. The van der Waals surface area contributed by atoms with Crippen molar-refractivity contribution in [3.63, 3.8) is 0 Å². The van der Waals surface area contributed by atoms with E-state index < -0.39 is 57.4 Å². The van der Waals surface area contributed by atoms with E-state index >= 15 is 0 Å². The van der Waals surface area contributed by atoms with Gasteiger partial charge in [-0.2, -0.15) is 8.78 Å². The van der Waals surface area contributed by atoms with Gasteiger partial charge in [0.2, 0.25) is 40.7 Å². The monoisotopic (exact) mass is 651 g/mol. The highest BCUT2D eigenvalue weighted by Crippen LogP contribution is 2.32. The number of Topliss-reactive ketones (excluding diaryl/α,β-unsaturated/α-hetero) is 1. The number of ketones is 1. The van der Waals surface area contributed by atoms with Crippen LogP contribution in [0.2, 0.25) is 0 Å². The number of rotatable bonds is 19. The first-order chi connectivity index (χ1) is 20.5. The molecule has 45 heavy (non-hydrogen) atoms. The molecule has 1 aromatic carbocycles. The van der Waals surface area contributed by atoms with E-state index in [1.54, 1.807) is 13.8 Å². The third kappa shape index (κ3) is 12.6. The van der Waals surface area contributed by atoms with Crippen molar-refractivity contribution in [3.05, 3.63) is 29.1 Å². The van der Waals surface area contributed by atoms with E-state index in [1.165, 1.54) is 13.8 Å². The van der Waals surface area contributed by atoms with Crippen LogP contribution in [0.4, 0.5) is 22.0 Å². The number of carbonyl (C=O) groups excluding carboxylic acids is 3. The van der Waals surface area contributed by atoms with Gasteiger partial charge in [-0.05, 0) is 73.1 Å². The van der Waals surface area contributed by atoms with Crippen LogP contribution in [-0.4, -0.2) is 48.6 Å². The SMILES string of the molecule is CCC(C)(C)C(=O)CCC(C)(C)OCCC(C)CNC(=O)CCC(C)(C)OCC(C)(C)C(=O)Oc1c(F)c(F)c(F)c(F)c1F. The Balaban J connectivity index is 2.48. The molecule has 1 amide bonds. The summed E-state index contributed by atoms with van der Waals surface area (Å²) in [5.41, 5.74) is -3.22. The quantitative estimate of drug-likeness (QED) is 0.0545. The van der Waals surface area contributed by atoms with Crippen molar-refractivity contribution in [1.29, 1.82) is 0 Å². The Morgan fingerprint density at radius 1 is 0.733 bits per heavy atom. The second-order valence-corrected chi connectivity index (χ2v) is 14.2. The molecular weight excluding hydrogens is 601 g/mol. The van der Waals surface area contributed by atoms with E-state index in [2.05, 4.69) is 10.1 Å². The Morgan fingerprint density at radius 2 is 1.22 bits per heavy atom. The van der Waals surface area contributed by atoms with Gasteiger partial charge in [-0.15, -0.1) is 0 Å². The summed E-state index contributed by atoms with van der Waals surface area (Å²) in [7, 11) is 0. The fourth-order valence-corrected chi connectivity index (χ4v) is 3.86. The molecule has 1 aromatic rings. The Labute approximate surface area is 263 Å². The molecule has 0 aliphatic rings. The second kappa shape index (κ2) is 16.3. The predicted octanol–water partition coefficient (Wildman–Crippen LogP) is 7.61. The lowest BCUT2D eigenvalue weighted by atomic mass is 9.82. The predicted molar refractivity (Wildman–Crippen MR) is 160 cm³/mol. The molecule has 0 saturated heterocycles. The molecule has 7 nitrogen and oxygen atoms in total. The van der Waals surface area contributed by atoms with Crippen LogP contribution in [-0.2, 0) is 23.9 Å². The number of nitrogens with one attached hydrogen (secondary N) is 1. The van der Waals surface area contributed by atoms with Crippen LogP contribution in [0.1, 0.15) is 108 Å². The van der Waals surface area contributed by atoms with Gasteiger partial charge in [0.25, 0.3) is 0 Å². The molecule has 0 aromatic heterocycles. The summed E-state index contributed by atoms with van der Waals surface area (Å²) in [6.07, 6.45) is 2.96. The zero-order chi connectivity index (χ0) is 35.0. The summed E-state index contributed by atoms with van der Waals surface area (Å²) in [6, 6.07) is 0. The lowest BCUT2D eigenvalue weighted by molar-refractivity contribution is -0.152. The maximum Gasteiger partial charge on any atom is 0.319 e. The number of ether oxygens (including phenoxy) is 3. The van der Waals surface area contributed by atoms with Crippen molar-refractivity contribution >= 4 is 17.7 Å². The summed E-state index contributed by atoms with van der Waals surface area (Å²) >= 11 is 0. The first-order valence-electron chi connectivity index (χ1n) is 15.3. The fourth-order valence-electron chi connectivity index (χ4n) is 3.86. The third-order valence-corrected chi connectivity index (χ3v) is 8.04. The summed E-state index contributed by atoms with van der Waals surface area (Å²) in [5.74, 6) is -14.1. The molecule has 0 saturated carbocycles. The summed E-state index contributed by atoms with van der Waals surface area (Å²) < 4.78 is 84.4. The maximum atomic E-state index is 13.9. The van der Waals surface area contributed by atoms with Gasteiger partial charge in [0.05, 0.1) is 23.2 Å². The normalized spacial score (nSPS) is 13.5. The number of hydrogen-bond acceptors (Lipinski definition) is 6. The van der Waals surface area contributed by atoms with Gasteiger partial charge < -0.3 is 19.5 Å². The van der Waals surface area contributed by atoms with Crippen molar-refractivity contribution in [2.45, 2.75) is 119 Å². The Bertz CT molecular complexity index is 1170. The molecule has 0 spiro atoms. The molecule has 1 unspecified atom stereocenters. The average molecular weight is 652 g/mol. The molecule has 0 aliphatic heterocycles. The first-order valence-corrected chi connectivity index (χ1v) is 15.3. The van der Waals surface area contributed by atoms with Crippen LogP contribution in [0.25, 0.3) is 0 Å². The average Bonchev–Trinajstić information content (AvgIpc) is 2.96. The van der Waals surface area contributed by atoms with Gasteiger partial charge in [0.1, 0.15) is 5.78 Å². The minimum absolute atomic E-state index is 0.112. The van der Waals surface area contributed by atoms with Crippen LogP contribution in [0.5, 0.6) is 5.75 Å². The summed E-state index contributed by atoms with van der Waals surface area (Å²) in [6.45, 7) is 18.4. The second-order valence-electron chi connectivity index (χ2n) is 14.2. The molecule has 0 heterocycles. The largest absolute Gasteiger partial charge is 0.420 e. The van der Waals surface area contributed by atoms with Crippen LogP contribution >= 0.6 is 0 Å². The summed E-state index contributed by atoms with van der Waals surface area (Å²) in [4.78, 5) is 37.5. The highest BCUT2D eigenvalue weighted by atomic mass is 19.2. The Hall–Kier alpha value is -2.60. The van der Waals surface area contributed by atoms with Crippen molar-refractivity contribution in [2.75, 3.05) is 19.8 Å². The van der Waals surface area contributed by atoms with Gasteiger partial charge in [0.15, 0.2) is 0 Å². The molecule has 12 heteroatoms. The minimum atomic E-state index is -2.36. The third-order valence-electron chi connectivity index (χ3n) is 8.04. The number of carbonyl (C=O) groups is 3. The highest BCUT2D eigenvalue weighted by Gasteiger charge is 2.36. The maximum absolute atomic E-state index is 13.9. The zero-order valence-electron chi connectivity index (χ0n) is 28.3.